The quantitative estimate of drug-likeness (QED) is 0.326. The molecule has 38 heavy (non-hydrogen) atoms. The third-order valence-corrected chi connectivity index (χ3v) is 6.06. The number of hydrogen-bond acceptors (Lipinski definition) is 7. The summed E-state index contributed by atoms with van der Waals surface area (Å²) < 4.78 is 13.1. The van der Waals surface area contributed by atoms with Gasteiger partial charge in [-0.15, -0.1) is 0 Å². The fraction of sp³-hybridized carbons (Fsp3) is 0.214. The van der Waals surface area contributed by atoms with Crippen LogP contribution in [0.4, 0.5) is 5.69 Å². The van der Waals surface area contributed by atoms with Gasteiger partial charge in [0.2, 0.25) is 0 Å². The van der Waals surface area contributed by atoms with Crippen molar-refractivity contribution < 1.29 is 19.1 Å². The van der Waals surface area contributed by atoms with Crippen molar-refractivity contribution in [2.45, 2.75) is 13.0 Å². The zero-order valence-corrected chi connectivity index (χ0v) is 20.9. The van der Waals surface area contributed by atoms with Crippen LogP contribution in [0.2, 0.25) is 0 Å². The summed E-state index contributed by atoms with van der Waals surface area (Å²) in [5.41, 5.74) is 3.75. The van der Waals surface area contributed by atoms with E-state index in [1.54, 1.807) is 43.9 Å². The molecule has 0 saturated carbocycles. The molecule has 1 aliphatic heterocycles. The first kappa shape index (κ1) is 24.8. The van der Waals surface area contributed by atoms with Gasteiger partial charge in [-0.1, -0.05) is 0 Å². The standard InChI is InChI=1S/C28H28N6O4/c1-37-24-6-5-20-15-25(24)38-18-26(35)33-16-19-12-21(14-23(13-19)34-11-10-31-27(20)34)28(36)32-9-3-8-30-22-4-2-7-29-17-22/h2,4-7,10-15,17,30H,3,8-9,16,18H2,1H3,(H,32,36)(H,33,35). The lowest BCUT2D eigenvalue weighted by molar-refractivity contribution is -0.123. The van der Waals surface area contributed by atoms with Crippen LogP contribution in [0, 0.1) is 0 Å². The molecule has 10 nitrogen and oxygen atoms in total. The maximum absolute atomic E-state index is 13.1. The first-order valence-corrected chi connectivity index (χ1v) is 12.3. The fourth-order valence-corrected chi connectivity index (χ4v) is 4.19. The van der Waals surface area contributed by atoms with Crippen LogP contribution in [0.1, 0.15) is 22.3 Å². The van der Waals surface area contributed by atoms with Gasteiger partial charge in [0.1, 0.15) is 5.82 Å². The number of fused-ring (bicyclic) bond motifs is 7. The molecule has 3 N–H and O–H groups in total. The highest BCUT2D eigenvalue weighted by Gasteiger charge is 2.17. The highest BCUT2D eigenvalue weighted by molar-refractivity contribution is 5.95. The van der Waals surface area contributed by atoms with Crippen molar-refractivity contribution in [1.29, 1.82) is 0 Å². The lowest BCUT2D eigenvalue weighted by Gasteiger charge is -2.14. The molecule has 0 saturated heterocycles. The highest BCUT2D eigenvalue weighted by atomic mass is 16.5. The lowest BCUT2D eigenvalue weighted by Crippen LogP contribution is -2.29. The summed E-state index contributed by atoms with van der Waals surface area (Å²) in [6, 6.07) is 14.8. The summed E-state index contributed by atoms with van der Waals surface area (Å²) in [4.78, 5) is 34.2. The molecule has 0 radical (unpaired) electrons. The van der Waals surface area contributed by atoms with Crippen molar-refractivity contribution >= 4 is 17.5 Å². The molecule has 5 rings (SSSR count). The maximum atomic E-state index is 13.1. The molecule has 2 amide bonds. The number of methoxy groups -OCH3 is 1. The summed E-state index contributed by atoms with van der Waals surface area (Å²) in [5.74, 6) is 1.15. The van der Waals surface area contributed by atoms with Crippen LogP contribution in [0.3, 0.4) is 0 Å². The summed E-state index contributed by atoms with van der Waals surface area (Å²) in [6.07, 6.45) is 7.77. The van der Waals surface area contributed by atoms with Crippen LogP contribution < -0.4 is 25.4 Å². The van der Waals surface area contributed by atoms with Gasteiger partial charge in [-0.25, -0.2) is 4.98 Å². The molecular formula is C28H28N6O4. The number of nitrogens with one attached hydrogen (secondary N) is 3. The largest absolute Gasteiger partial charge is 0.493 e. The predicted octanol–water partition coefficient (Wildman–Crippen LogP) is 3.18. The van der Waals surface area contributed by atoms with Crippen molar-refractivity contribution in [3.8, 4) is 28.6 Å². The predicted molar refractivity (Wildman–Crippen MR) is 143 cm³/mol. The van der Waals surface area contributed by atoms with Crippen LogP contribution >= 0.6 is 0 Å². The van der Waals surface area contributed by atoms with Crippen molar-refractivity contribution in [3.63, 3.8) is 0 Å². The molecule has 4 aromatic rings. The molecule has 2 aromatic carbocycles. The van der Waals surface area contributed by atoms with Gasteiger partial charge in [-0.05, 0) is 60.5 Å². The van der Waals surface area contributed by atoms with Crippen molar-refractivity contribution in [1.82, 2.24) is 25.2 Å². The third kappa shape index (κ3) is 5.75. The summed E-state index contributed by atoms with van der Waals surface area (Å²) >= 11 is 0. The number of nitrogens with zero attached hydrogens (tertiary/aromatic N) is 3. The molecule has 0 atom stereocenters. The van der Waals surface area contributed by atoms with E-state index < -0.39 is 0 Å². The Balaban J connectivity index is 1.38. The summed E-state index contributed by atoms with van der Waals surface area (Å²) in [5, 5.41) is 9.13. The van der Waals surface area contributed by atoms with E-state index in [4.69, 9.17) is 9.47 Å². The Morgan fingerprint density at radius 1 is 1.16 bits per heavy atom. The van der Waals surface area contributed by atoms with Crippen molar-refractivity contribution in [2.24, 2.45) is 0 Å². The molecular weight excluding hydrogens is 484 g/mol. The average Bonchev–Trinajstić information content (AvgIpc) is 3.45. The zero-order valence-electron chi connectivity index (χ0n) is 20.9. The van der Waals surface area contributed by atoms with Crippen LogP contribution in [-0.2, 0) is 11.3 Å². The van der Waals surface area contributed by atoms with E-state index in [1.807, 2.05) is 41.1 Å². The van der Waals surface area contributed by atoms with E-state index in [2.05, 4.69) is 25.9 Å². The van der Waals surface area contributed by atoms with Gasteiger partial charge in [-0.2, -0.15) is 0 Å². The minimum Gasteiger partial charge on any atom is -0.493 e. The van der Waals surface area contributed by atoms with Gasteiger partial charge in [0.05, 0.1) is 12.8 Å². The van der Waals surface area contributed by atoms with Gasteiger partial charge in [-0.3, -0.25) is 19.1 Å². The van der Waals surface area contributed by atoms with E-state index in [0.717, 1.165) is 28.9 Å². The molecule has 3 heterocycles. The Morgan fingerprint density at radius 2 is 2.08 bits per heavy atom. The second-order valence-electron chi connectivity index (χ2n) is 8.72. The maximum Gasteiger partial charge on any atom is 0.258 e. The minimum absolute atomic E-state index is 0.172. The van der Waals surface area contributed by atoms with Gasteiger partial charge in [0.15, 0.2) is 18.1 Å². The first-order valence-electron chi connectivity index (χ1n) is 12.3. The first-order chi connectivity index (χ1) is 18.6. The number of carbonyl (C=O) groups is 2. The van der Waals surface area contributed by atoms with Crippen LogP contribution in [0.25, 0.3) is 17.1 Å². The molecule has 0 spiro atoms. The molecule has 194 valence electrons. The number of ether oxygens (including phenoxy) is 2. The zero-order chi connectivity index (χ0) is 26.3. The Kier molecular flexibility index (Phi) is 7.49. The molecule has 4 bridgehead atoms. The second kappa shape index (κ2) is 11.5. The highest BCUT2D eigenvalue weighted by Crippen LogP contribution is 2.33. The molecule has 2 aromatic heterocycles. The molecule has 0 unspecified atom stereocenters. The third-order valence-electron chi connectivity index (χ3n) is 6.06. The molecule has 1 aliphatic rings. The summed E-state index contributed by atoms with van der Waals surface area (Å²) in [6.45, 7) is 1.27. The van der Waals surface area contributed by atoms with Crippen LogP contribution in [0.5, 0.6) is 11.5 Å². The fourth-order valence-electron chi connectivity index (χ4n) is 4.19. The Bertz CT molecular complexity index is 1440. The van der Waals surface area contributed by atoms with Gasteiger partial charge < -0.3 is 25.4 Å². The van der Waals surface area contributed by atoms with E-state index in [0.29, 0.717) is 36.0 Å². The van der Waals surface area contributed by atoms with Crippen molar-refractivity contribution in [3.05, 3.63) is 84.4 Å². The van der Waals surface area contributed by atoms with Gasteiger partial charge >= 0.3 is 0 Å². The number of amides is 2. The number of rotatable bonds is 7. The Hall–Kier alpha value is -4.86. The van der Waals surface area contributed by atoms with Gasteiger partial charge in [0, 0.05) is 61.2 Å². The number of anilines is 1. The van der Waals surface area contributed by atoms with Crippen molar-refractivity contribution in [2.75, 3.05) is 32.1 Å². The van der Waals surface area contributed by atoms with Gasteiger partial charge in [0.25, 0.3) is 11.8 Å². The van der Waals surface area contributed by atoms with E-state index in [-0.39, 0.29) is 25.0 Å². The normalized spacial score (nSPS) is 12.5. The molecule has 0 aliphatic carbocycles. The number of aromatic nitrogens is 3. The number of benzene rings is 2. The number of imidazole rings is 1. The number of pyridine rings is 1. The number of hydrogen-bond donors (Lipinski definition) is 3. The second-order valence-corrected chi connectivity index (χ2v) is 8.72. The van der Waals surface area contributed by atoms with Crippen LogP contribution in [0.15, 0.2) is 73.3 Å². The van der Waals surface area contributed by atoms with E-state index >= 15 is 0 Å². The SMILES string of the molecule is COc1ccc2cc1OCC(=O)NCc1cc(C(=O)NCCCNc3cccnc3)cc(c1)-n1ccnc1-2. The minimum atomic E-state index is -0.285. The molecule has 10 heteroatoms. The number of carbonyl (C=O) groups excluding carboxylic acids is 2. The van der Waals surface area contributed by atoms with Crippen LogP contribution in [-0.4, -0.2) is 53.2 Å². The smallest absolute Gasteiger partial charge is 0.258 e. The monoisotopic (exact) mass is 512 g/mol. The lowest BCUT2D eigenvalue weighted by atomic mass is 10.1. The average molecular weight is 513 g/mol. The Morgan fingerprint density at radius 3 is 2.92 bits per heavy atom. The topological polar surface area (TPSA) is 119 Å². The molecule has 0 fully saturated rings. The van der Waals surface area contributed by atoms with E-state index in [9.17, 15) is 9.59 Å². The summed E-state index contributed by atoms with van der Waals surface area (Å²) in [7, 11) is 1.55. The Labute approximate surface area is 220 Å². The van der Waals surface area contributed by atoms with E-state index in [1.165, 1.54) is 0 Å².